The number of carboxylic acid groups (broad SMARTS) is 2. The molecular formula is C8H14O6. The van der Waals surface area contributed by atoms with Crippen LogP contribution in [0.3, 0.4) is 0 Å². The van der Waals surface area contributed by atoms with Gasteiger partial charge in [-0.05, 0) is 12.8 Å². The number of aliphatic carboxylic acids is 2. The van der Waals surface area contributed by atoms with Gasteiger partial charge >= 0.3 is 11.9 Å². The van der Waals surface area contributed by atoms with Crippen LogP contribution in [0.25, 0.3) is 0 Å². The van der Waals surface area contributed by atoms with Crippen LogP contribution < -0.4 is 0 Å². The second kappa shape index (κ2) is 6.33. The molecule has 6 heteroatoms. The van der Waals surface area contributed by atoms with E-state index in [2.05, 4.69) is 0 Å². The van der Waals surface area contributed by atoms with E-state index < -0.39 is 24.1 Å². The van der Waals surface area contributed by atoms with Crippen LogP contribution in [0.1, 0.15) is 25.7 Å². The first-order chi connectivity index (χ1) is 6.41. The number of aliphatic hydroxyl groups excluding tert-OH is 2. The summed E-state index contributed by atoms with van der Waals surface area (Å²) in [5.74, 6) is -2.24. The summed E-state index contributed by atoms with van der Waals surface area (Å²) in [5, 5.41) is 34.7. The molecule has 14 heavy (non-hydrogen) atoms. The Hall–Kier alpha value is -1.14. The number of rotatable bonds is 7. The van der Waals surface area contributed by atoms with Gasteiger partial charge in [-0.15, -0.1) is 0 Å². The second-order valence-corrected chi connectivity index (χ2v) is 3.08. The molecule has 82 valence electrons. The van der Waals surface area contributed by atoms with E-state index in [4.69, 9.17) is 20.4 Å². The molecule has 0 heterocycles. The van der Waals surface area contributed by atoms with Gasteiger partial charge in [0.25, 0.3) is 0 Å². The van der Waals surface area contributed by atoms with Crippen LogP contribution in [0, 0.1) is 0 Å². The summed E-state index contributed by atoms with van der Waals surface area (Å²) >= 11 is 0. The van der Waals surface area contributed by atoms with Crippen molar-refractivity contribution >= 4 is 11.9 Å². The zero-order valence-electron chi connectivity index (χ0n) is 7.59. The molecule has 0 aromatic carbocycles. The molecule has 4 N–H and O–H groups in total. The van der Waals surface area contributed by atoms with E-state index in [0.29, 0.717) is 0 Å². The maximum atomic E-state index is 10.1. The minimum absolute atomic E-state index is 0.0841. The van der Waals surface area contributed by atoms with Crippen molar-refractivity contribution in [2.24, 2.45) is 0 Å². The molecular weight excluding hydrogens is 192 g/mol. The Morgan fingerprint density at radius 3 is 1.36 bits per heavy atom. The first kappa shape index (κ1) is 12.9. The normalized spacial score (nSPS) is 14.7. The van der Waals surface area contributed by atoms with Gasteiger partial charge in [-0.1, -0.05) is 0 Å². The molecule has 2 unspecified atom stereocenters. The average Bonchev–Trinajstić information content (AvgIpc) is 1.98. The Bertz CT molecular complexity index is 180. The molecule has 0 fully saturated rings. The number of carbonyl (C=O) groups is 2. The number of aliphatic hydroxyl groups is 2. The van der Waals surface area contributed by atoms with Crippen molar-refractivity contribution in [3.8, 4) is 0 Å². The summed E-state index contributed by atoms with van der Waals surface area (Å²) in [6.45, 7) is 0. The van der Waals surface area contributed by atoms with Crippen LogP contribution in [-0.4, -0.2) is 44.6 Å². The number of carboxylic acids is 2. The molecule has 2 atom stereocenters. The van der Waals surface area contributed by atoms with E-state index in [1.54, 1.807) is 0 Å². The largest absolute Gasteiger partial charge is 0.481 e. The average molecular weight is 206 g/mol. The zero-order valence-corrected chi connectivity index (χ0v) is 7.59. The van der Waals surface area contributed by atoms with Gasteiger partial charge < -0.3 is 20.4 Å². The Kier molecular flexibility index (Phi) is 5.82. The lowest BCUT2D eigenvalue weighted by Crippen LogP contribution is -2.18. The second-order valence-electron chi connectivity index (χ2n) is 3.08. The van der Waals surface area contributed by atoms with E-state index in [1.165, 1.54) is 0 Å². The van der Waals surface area contributed by atoms with Gasteiger partial charge in [0, 0.05) is 0 Å². The fourth-order valence-corrected chi connectivity index (χ4v) is 0.992. The van der Waals surface area contributed by atoms with Crippen molar-refractivity contribution < 1.29 is 30.0 Å². The predicted molar refractivity (Wildman–Crippen MR) is 45.8 cm³/mol. The van der Waals surface area contributed by atoms with Crippen molar-refractivity contribution in [2.45, 2.75) is 37.9 Å². The van der Waals surface area contributed by atoms with E-state index >= 15 is 0 Å². The van der Waals surface area contributed by atoms with Crippen LogP contribution in [0.2, 0.25) is 0 Å². The molecule has 0 aromatic heterocycles. The summed E-state index contributed by atoms with van der Waals surface area (Å²) in [6.07, 6.45) is -2.67. The lowest BCUT2D eigenvalue weighted by Gasteiger charge is -2.10. The molecule has 0 amide bonds. The molecule has 6 nitrogen and oxygen atoms in total. The molecule has 0 aliphatic carbocycles. The SMILES string of the molecule is O=C(O)CC(O)CCC(O)CC(=O)O. The minimum Gasteiger partial charge on any atom is -0.481 e. The summed E-state index contributed by atoms with van der Waals surface area (Å²) < 4.78 is 0. The summed E-state index contributed by atoms with van der Waals surface area (Å²) in [6, 6.07) is 0. The fraction of sp³-hybridized carbons (Fsp3) is 0.750. The Labute approximate surface area is 80.8 Å². The van der Waals surface area contributed by atoms with E-state index in [-0.39, 0.29) is 25.7 Å². The summed E-state index contributed by atoms with van der Waals surface area (Å²) in [4.78, 5) is 20.2. The van der Waals surface area contributed by atoms with Gasteiger partial charge in [-0.2, -0.15) is 0 Å². The highest BCUT2D eigenvalue weighted by Crippen LogP contribution is 2.07. The number of hydrogen-bond donors (Lipinski definition) is 4. The van der Waals surface area contributed by atoms with Crippen molar-refractivity contribution in [2.75, 3.05) is 0 Å². The number of hydrogen-bond acceptors (Lipinski definition) is 4. The molecule has 0 rings (SSSR count). The quantitative estimate of drug-likeness (QED) is 0.443. The van der Waals surface area contributed by atoms with Crippen molar-refractivity contribution in [1.29, 1.82) is 0 Å². The van der Waals surface area contributed by atoms with Gasteiger partial charge in [0.1, 0.15) is 0 Å². The fourth-order valence-electron chi connectivity index (χ4n) is 0.992. The summed E-state index contributed by atoms with van der Waals surface area (Å²) in [5.41, 5.74) is 0. The molecule has 0 radical (unpaired) electrons. The van der Waals surface area contributed by atoms with E-state index in [9.17, 15) is 9.59 Å². The standard InChI is InChI=1S/C8H14O6/c9-5(3-7(11)12)1-2-6(10)4-8(13)14/h5-6,9-10H,1-4H2,(H,11,12)(H,13,14). The monoisotopic (exact) mass is 206 g/mol. The highest BCUT2D eigenvalue weighted by atomic mass is 16.4. The Morgan fingerprint density at radius 2 is 1.14 bits per heavy atom. The first-order valence-corrected chi connectivity index (χ1v) is 4.21. The van der Waals surface area contributed by atoms with Crippen LogP contribution in [0.4, 0.5) is 0 Å². The molecule has 0 saturated carbocycles. The maximum absolute atomic E-state index is 10.1. The van der Waals surface area contributed by atoms with Gasteiger partial charge in [0.2, 0.25) is 0 Å². The molecule has 0 saturated heterocycles. The lowest BCUT2D eigenvalue weighted by atomic mass is 10.1. The van der Waals surface area contributed by atoms with E-state index in [1.807, 2.05) is 0 Å². The minimum atomic E-state index is -1.12. The first-order valence-electron chi connectivity index (χ1n) is 4.21. The maximum Gasteiger partial charge on any atom is 0.305 e. The third kappa shape index (κ3) is 7.51. The van der Waals surface area contributed by atoms with Crippen molar-refractivity contribution in [3.63, 3.8) is 0 Å². The van der Waals surface area contributed by atoms with Gasteiger partial charge in [-0.3, -0.25) is 9.59 Å². The van der Waals surface area contributed by atoms with Crippen LogP contribution in [0.5, 0.6) is 0 Å². The van der Waals surface area contributed by atoms with E-state index in [0.717, 1.165) is 0 Å². The molecule has 0 aromatic rings. The van der Waals surface area contributed by atoms with Crippen molar-refractivity contribution in [3.05, 3.63) is 0 Å². The van der Waals surface area contributed by atoms with Gasteiger partial charge in [0.05, 0.1) is 25.0 Å². The summed E-state index contributed by atoms with van der Waals surface area (Å²) in [7, 11) is 0. The highest BCUT2D eigenvalue weighted by molar-refractivity contribution is 5.67. The third-order valence-electron chi connectivity index (χ3n) is 1.65. The third-order valence-corrected chi connectivity index (χ3v) is 1.65. The van der Waals surface area contributed by atoms with Crippen LogP contribution >= 0.6 is 0 Å². The smallest absolute Gasteiger partial charge is 0.305 e. The van der Waals surface area contributed by atoms with Gasteiger partial charge in [-0.25, -0.2) is 0 Å². The molecule has 0 spiro atoms. The Morgan fingerprint density at radius 1 is 0.857 bits per heavy atom. The lowest BCUT2D eigenvalue weighted by molar-refractivity contribution is -0.141. The van der Waals surface area contributed by atoms with Crippen LogP contribution in [-0.2, 0) is 9.59 Å². The van der Waals surface area contributed by atoms with Crippen molar-refractivity contribution in [1.82, 2.24) is 0 Å². The zero-order chi connectivity index (χ0) is 11.1. The van der Waals surface area contributed by atoms with Gasteiger partial charge in [0.15, 0.2) is 0 Å². The molecule has 0 aliphatic heterocycles. The Balaban J connectivity index is 3.60. The highest BCUT2D eigenvalue weighted by Gasteiger charge is 2.14. The molecule has 0 aliphatic rings. The van der Waals surface area contributed by atoms with Crippen LogP contribution in [0.15, 0.2) is 0 Å². The molecule has 0 bridgehead atoms. The topological polar surface area (TPSA) is 115 Å². The predicted octanol–water partition coefficient (Wildman–Crippen LogP) is -0.562.